The lowest BCUT2D eigenvalue weighted by atomic mass is 10.2. The Morgan fingerprint density at radius 1 is 1.40 bits per heavy atom. The van der Waals surface area contributed by atoms with Gasteiger partial charge in [-0.3, -0.25) is 14.2 Å². The van der Waals surface area contributed by atoms with Gasteiger partial charge in [0.05, 0.1) is 11.9 Å². The predicted octanol–water partition coefficient (Wildman–Crippen LogP) is 2.12. The number of hydrogen-bond acceptors (Lipinski definition) is 4. The zero-order chi connectivity index (χ0) is 13.8. The van der Waals surface area contributed by atoms with Crippen LogP contribution in [0, 0.1) is 0 Å². The molecule has 0 fully saturated rings. The van der Waals surface area contributed by atoms with Crippen LogP contribution in [0.4, 0.5) is 0 Å². The van der Waals surface area contributed by atoms with E-state index in [4.69, 9.17) is 0 Å². The second-order valence-corrected chi connectivity index (χ2v) is 5.02. The lowest BCUT2D eigenvalue weighted by Crippen LogP contribution is -2.20. The Morgan fingerprint density at radius 3 is 3.10 bits per heavy atom. The number of aromatic nitrogens is 3. The molecule has 5 nitrogen and oxygen atoms in total. The maximum absolute atomic E-state index is 11.7. The molecule has 3 aromatic heterocycles. The topological polar surface area (TPSA) is 59.3 Å². The highest BCUT2D eigenvalue weighted by atomic mass is 32.1. The number of hydrogen-bond donors (Lipinski definition) is 1. The Kier molecular flexibility index (Phi) is 3.56. The number of nitrogens with zero attached hydrogens (tertiary/aromatic N) is 3. The number of imidazole rings is 1. The summed E-state index contributed by atoms with van der Waals surface area (Å²) in [7, 11) is 0. The molecule has 0 atom stereocenters. The van der Waals surface area contributed by atoms with Crippen molar-refractivity contribution in [3.05, 3.63) is 59.6 Å². The van der Waals surface area contributed by atoms with Crippen molar-refractivity contribution in [3.63, 3.8) is 0 Å². The number of thiazole rings is 1. The summed E-state index contributed by atoms with van der Waals surface area (Å²) in [6, 6.07) is 3.74. The van der Waals surface area contributed by atoms with E-state index in [1.807, 2.05) is 28.1 Å². The van der Waals surface area contributed by atoms with Crippen LogP contribution in [0.15, 0.2) is 48.4 Å². The largest absolute Gasteiger partial charge is 0.348 e. The third kappa shape index (κ3) is 2.75. The minimum atomic E-state index is -0.132. The Balaban J connectivity index is 1.61. The van der Waals surface area contributed by atoms with Crippen molar-refractivity contribution in [2.24, 2.45) is 0 Å². The molecule has 20 heavy (non-hydrogen) atoms. The van der Waals surface area contributed by atoms with Crippen molar-refractivity contribution < 1.29 is 4.79 Å². The van der Waals surface area contributed by atoms with Crippen molar-refractivity contribution in [2.45, 2.75) is 6.54 Å². The Labute approximate surface area is 119 Å². The van der Waals surface area contributed by atoms with Gasteiger partial charge in [-0.05, 0) is 23.8 Å². The number of rotatable bonds is 4. The first kappa shape index (κ1) is 12.6. The van der Waals surface area contributed by atoms with Crippen molar-refractivity contribution in [2.75, 3.05) is 0 Å². The van der Waals surface area contributed by atoms with E-state index in [2.05, 4.69) is 15.3 Å². The minimum Gasteiger partial charge on any atom is -0.348 e. The van der Waals surface area contributed by atoms with Crippen LogP contribution < -0.4 is 5.32 Å². The van der Waals surface area contributed by atoms with Gasteiger partial charge in [0.25, 0.3) is 0 Å². The Bertz CT molecular complexity index is 745. The van der Waals surface area contributed by atoms with Crippen molar-refractivity contribution in [1.29, 1.82) is 0 Å². The highest BCUT2D eigenvalue weighted by molar-refractivity contribution is 7.15. The molecule has 3 rings (SSSR count). The van der Waals surface area contributed by atoms with Crippen LogP contribution >= 0.6 is 11.3 Å². The van der Waals surface area contributed by atoms with Gasteiger partial charge in [0.15, 0.2) is 4.96 Å². The SMILES string of the molecule is O=C(/C=C/c1cnc2sccn12)NCc1ccncc1. The summed E-state index contributed by atoms with van der Waals surface area (Å²) in [5.74, 6) is -0.132. The highest BCUT2D eigenvalue weighted by Gasteiger charge is 2.01. The number of carbonyl (C=O) groups excluding carboxylic acids is 1. The third-order valence-electron chi connectivity index (χ3n) is 2.80. The standard InChI is InChI=1S/C14H12N4OS/c19-13(16-9-11-3-5-15-6-4-11)2-1-12-10-17-14-18(12)7-8-20-14/h1-8,10H,9H2,(H,16,19)/b2-1+. The zero-order valence-electron chi connectivity index (χ0n) is 10.6. The maximum Gasteiger partial charge on any atom is 0.244 e. The first-order chi connectivity index (χ1) is 9.83. The minimum absolute atomic E-state index is 0.132. The smallest absolute Gasteiger partial charge is 0.244 e. The number of nitrogens with one attached hydrogen (secondary N) is 1. The number of fused-ring (bicyclic) bond motifs is 1. The maximum atomic E-state index is 11.7. The highest BCUT2D eigenvalue weighted by Crippen LogP contribution is 2.13. The molecule has 0 unspecified atom stereocenters. The molecule has 0 saturated carbocycles. The molecule has 0 aliphatic heterocycles. The van der Waals surface area contributed by atoms with Crippen LogP contribution in [-0.4, -0.2) is 20.3 Å². The van der Waals surface area contributed by atoms with E-state index in [0.717, 1.165) is 16.2 Å². The Morgan fingerprint density at radius 2 is 2.25 bits per heavy atom. The fourth-order valence-corrected chi connectivity index (χ4v) is 2.48. The molecule has 3 heterocycles. The van der Waals surface area contributed by atoms with Crippen LogP contribution in [0.2, 0.25) is 0 Å². The summed E-state index contributed by atoms with van der Waals surface area (Å²) in [5, 5.41) is 4.78. The summed E-state index contributed by atoms with van der Waals surface area (Å²) < 4.78 is 1.94. The molecule has 3 aromatic rings. The second-order valence-electron chi connectivity index (χ2n) is 4.15. The van der Waals surface area contributed by atoms with E-state index in [9.17, 15) is 4.79 Å². The summed E-state index contributed by atoms with van der Waals surface area (Å²) in [6.07, 6.45) is 10.4. The molecule has 6 heteroatoms. The van der Waals surface area contributed by atoms with E-state index < -0.39 is 0 Å². The fourth-order valence-electron chi connectivity index (χ4n) is 1.78. The van der Waals surface area contributed by atoms with E-state index in [1.165, 1.54) is 6.08 Å². The molecule has 0 radical (unpaired) electrons. The molecule has 0 aromatic carbocycles. The van der Waals surface area contributed by atoms with Gasteiger partial charge in [-0.25, -0.2) is 4.98 Å². The monoisotopic (exact) mass is 284 g/mol. The summed E-state index contributed by atoms with van der Waals surface area (Å²) >= 11 is 1.56. The fraction of sp³-hybridized carbons (Fsp3) is 0.0714. The van der Waals surface area contributed by atoms with E-state index >= 15 is 0 Å². The predicted molar refractivity (Wildman–Crippen MR) is 78.2 cm³/mol. The molecule has 0 saturated heterocycles. The zero-order valence-corrected chi connectivity index (χ0v) is 11.4. The summed E-state index contributed by atoms with van der Waals surface area (Å²) in [6.45, 7) is 0.492. The molecule has 1 amide bonds. The molecule has 0 aliphatic carbocycles. The first-order valence-corrected chi connectivity index (χ1v) is 6.96. The van der Waals surface area contributed by atoms with Gasteiger partial charge in [0.2, 0.25) is 5.91 Å². The van der Waals surface area contributed by atoms with Crippen molar-refractivity contribution in [3.8, 4) is 0 Å². The van der Waals surface area contributed by atoms with Crippen LogP contribution in [0.25, 0.3) is 11.0 Å². The molecule has 100 valence electrons. The lowest BCUT2D eigenvalue weighted by molar-refractivity contribution is -0.116. The molecular formula is C14H12N4OS. The average Bonchev–Trinajstić information content (AvgIpc) is 3.07. The van der Waals surface area contributed by atoms with Crippen molar-refractivity contribution in [1.82, 2.24) is 19.7 Å². The van der Waals surface area contributed by atoms with Gasteiger partial charge in [-0.1, -0.05) is 0 Å². The average molecular weight is 284 g/mol. The van der Waals surface area contributed by atoms with E-state index in [-0.39, 0.29) is 5.91 Å². The third-order valence-corrected chi connectivity index (χ3v) is 3.57. The molecule has 1 N–H and O–H groups in total. The first-order valence-electron chi connectivity index (χ1n) is 6.08. The van der Waals surface area contributed by atoms with Crippen molar-refractivity contribution >= 4 is 28.3 Å². The van der Waals surface area contributed by atoms with Crippen LogP contribution in [0.1, 0.15) is 11.3 Å². The van der Waals surface area contributed by atoms with E-state index in [1.54, 1.807) is 36.0 Å². The lowest BCUT2D eigenvalue weighted by Gasteiger charge is -2.01. The summed E-state index contributed by atoms with van der Waals surface area (Å²) in [5.41, 5.74) is 1.91. The van der Waals surface area contributed by atoms with Crippen LogP contribution in [-0.2, 0) is 11.3 Å². The second kappa shape index (κ2) is 5.66. The molecule has 0 aliphatic rings. The number of carbonyl (C=O) groups is 1. The van der Waals surface area contributed by atoms with Gasteiger partial charge < -0.3 is 5.32 Å². The number of amides is 1. The van der Waals surface area contributed by atoms with Gasteiger partial charge in [-0.15, -0.1) is 11.3 Å². The van der Waals surface area contributed by atoms with Gasteiger partial charge in [0.1, 0.15) is 0 Å². The van der Waals surface area contributed by atoms with Gasteiger partial charge in [0, 0.05) is 36.6 Å². The van der Waals surface area contributed by atoms with Gasteiger partial charge in [-0.2, -0.15) is 0 Å². The van der Waals surface area contributed by atoms with Crippen LogP contribution in [0.5, 0.6) is 0 Å². The molecule has 0 spiro atoms. The van der Waals surface area contributed by atoms with Gasteiger partial charge >= 0.3 is 0 Å². The summed E-state index contributed by atoms with van der Waals surface area (Å²) in [4.78, 5) is 20.8. The van der Waals surface area contributed by atoms with Crippen LogP contribution in [0.3, 0.4) is 0 Å². The quantitative estimate of drug-likeness (QED) is 0.747. The Hall–Kier alpha value is -2.47. The molecule has 0 bridgehead atoms. The number of pyridine rings is 1. The normalized spacial score (nSPS) is 11.2. The molecular weight excluding hydrogens is 272 g/mol. The van der Waals surface area contributed by atoms with E-state index in [0.29, 0.717) is 6.54 Å².